The normalized spacial score (nSPS) is 15.8. The van der Waals surface area contributed by atoms with E-state index >= 15 is 0 Å². The highest BCUT2D eigenvalue weighted by atomic mass is 16.5. The lowest BCUT2D eigenvalue weighted by Crippen LogP contribution is -2.51. The third kappa shape index (κ3) is 4.52. The molecule has 4 rings (SSSR count). The number of amides is 1. The predicted molar refractivity (Wildman–Crippen MR) is 121 cm³/mol. The third-order valence-electron chi connectivity index (χ3n) is 5.78. The van der Waals surface area contributed by atoms with Crippen molar-refractivity contribution in [2.75, 3.05) is 32.8 Å². The topological polar surface area (TPSA) is 76.5 Å². The van der Waals surface area contributed by atoms with E-state index in [1.165, 1.54) is 4.68 Å². The average molecular weight is 421 g/mol. The molecule has 2 aromatic carbocycles. The Bertz CT molecular complexity index is 1100. The van der Waals surface area contributed by atoms with Crippen LogP contribution in [0.4, 0.5) is 0 Å². The van der Waals surface area contributed by atoms with Gasteiger partial charge in [-0.1, -0.05) is 50.2 Å². The van der Waals surface area contributed by atoms with Gasteiger partial charge in [0.05, 0.1) is 24.3 Å². The minimum atomic E-state index is -0.278. The van der Waals surface area contributed by atoms with Crippen LogP contribution >= 0.6 is 0 Å². The second-order valence-electron chi connectivity index (χ2n) is 8.12. The van der Waals surface area contributed by atoms with E-state index in [0.717, 1.165) is 13.1 Å². The summed E-state index contributed by atoms with van der Waals surface area (Å²) in [6, 6.07) is 16.5. The first kappa shape index (κ1) is 21.2. The molecular formula is C24H28N4O3. The molecular weight excluding hydrogens is 392 g/mol. The van der Waals surface area contributed by atoms with E-state index in [2.05, 4.69) is 29.2 Å². The van der Waals surface area contributed by atoms with Crippen LogP contribution in [0.2, 0.25) is 0 Å². The molecule has 0 unspecified atom stereocenters. The van der Waals surface area contributed by atoms with E-state index in [4.69, 9.17) is 4.74 Å². The van der Waals surface area contributed by atoms with Crippen LogP contribution < -0.4 is 10.9 Å². The first-order valence-electron chi connectivity index (χ1n) is 10.7. The van der Waals surface area contributed by atoms with Crippen molar-refractivity contribution in [3.05, 3.63) is 70.6 Å². The largest absolute Gasteiger partial charge is 0.379 e. The molecule has 1 aliphatic heterocycles. The summed E-state index contributed by atoms with van der Waals surface area (Å²) in [5.74, 6) is 0.0983. The highest BCUT2D eigenvalue weighted by Gasteiger charge is 2.25. The summed E-state index contributed by atoms with van der Waals surface area (Å²) in [4.78, 5) is 28.6. The monoisotopic (exact) mass is 420 g/mol. The number of carbonyl (C=O) groups excluding carboxylic acids is 1. The van der Waals surface area contributed by atoms with Crippen LogP contribution in [-0.2, 0) is 4.74 Å². The number of aromatic nitrogens is 2. The van der Waals surface area contributed by atoms with Crippen molar-refractivity contribution in [1.82, 2.24) is 20.0 Å². The van der Waals surface area contributed by atoms with E-state index in [1.54, 1.807) is 30.3 Å². The Kier molecular flexibility index (Phi) is 6.44. The standard InChI is InChI=1S/C24H28N4O3/c1-17(2)21(27-12-14-31-15-13-27)16-25-23(29)22-19-10-6-7-11-20(19)24(30)28(26-22)18-8-4-3-5-9-18/h3-11,17,21H,12-16H2,1-2H3,(H,25,29)/t21-/m0/s1. The molecule has 0 saturated carbocycles. The van der Waals surface area contributed by atoms with Gasteiger partial charge >= 0.3 is 0 Å². The quantitative estimate of drug-likeness (QED) is 0.663. The molecule has 7 nitrogen and oxygen atoms in total. The van der Waals surface area contributed by atoms with Gasteiger partial charge in [-0.2, -0.15) is 9.78 Å². The molecule has 1 N–H and O–H groups in total. The Labute approximate surface area is 181 Å². The second-order valence-corrected chi connectivity index (χ2v) is 8.12. The van der Waals surface area contributed by atoms with Gasteiger partial charge in [0.15, 0.2) is 5.69 Å². The number of nitrogens with zero attached hydrogens (tertiary/aromatic N) is 3. The van der Waals surface area contributed by atoms with E-state index in [1.807, 2.05) is 24.3 Å². The Balaban J connectivity index is 1.66. The SMILES string of the molecule is CC(C)[C@H](CNC(=O)c1nn(-c2ccccc2)c(=O)c2ccccc12)N1CCOCC1. The van der Waals surface area contributed by atoms with Gasteiger partial charge in [-0.3, -0.25) is 14.5 Å². The summed E-state index contributed by atoms with van der Waals surface area (Å²) in [7, 11) is 0. The number of morpholine rings is 1. The van der Waals surface area contributed by atoms with Crippen molar-refractivity contribution < 1.29 is 9.53 Å². The zero-order chi connectivity index (χ0) is 21.8. The number of hydrogen-bond acceptors (Lipinski definition) is 5. The van der Waals surface area contributed by atoms with Crippen molar-refractivity contribution in [2.24, 2.45) is 5.92 Å². The molecule has 0 aliphatic carbocycles. The predicted octanol–water partition coefficient (Wildman–Crippen LogP) is 2.47. The molecule has 1 atom stereocenters. The van der Waals surface area contributed by atoms with Crippen LogP contribution in [0.3, 0.4) is 0 Å². The number of hydrogen-bond donors (Lipinski definition) is 1. The fraction of sp³-hybridized carbons (Fsp3) is 0.375. The number of benzene rings is 2. The molecule has 7 heteroatoms. The summed E-state index contributed by atoms with van der Waals surface area (Å²) < 4.78 is 6.77. The van der Waals surface area contributed by atoms with Crippen LogP contribution in [-0.4, -0.2) is 59.5 Å². The fourth-order valence-corrected chi connectivity index (χ4v) is 4.08. The molecule has 1 aromatic heterocycles. The number of fused-ring (bicyclic) bond motifs is 1. The van der Waals surface area contributed by atoms with Crippen molar-refractivity contribution >= 4 is 16.7 Å². The average Bonchev–Trinajstić information content (AvgIpc) is 2.80. The van der Waals surface area contributed by atoms with Gasteiger partial charge in [0, 0.05) is 31.1 Å². The van der Waals surface area contributed by atoms with Gasteiger partial charge in [0.2, 0.25) is 0 Å². The smallest absolute Gasteiger partial charge is 0.279 e. The maximum Gasteiger partial charge on any atom is 0.279 e. The highest BCUT2D eigenvalue weighted by molar-refractivity contribution is 6.04. The van der Waals surface area contributed by atoms with Gasteiger partial charge in [0.1, 0.15) is 0 Å². The summed E-state index contributed by atoms with van der Waals surface area (Å²) in [5.41, 5.74) is 0.635. The van der Waals surface area contributed by atoms with Gasteiger partial charge in [-0.25, -0.2) is 0 Å². The zero-order valence-electron chi connectivity index (χ0n) is 18.0. The minimum absolute atomic E-state index is 0.208. The molecule has 0 bridgehead atoms. The Morgan fingerprint density at radius 1 is 1.03 bits per heavy atom. The summed E-state index contributed by atoms with van der Waals surface area (Å²) in [6.07, 6.45) is 0. The fourth-order valence-electron chi connectivity index (χ4n) is 4.08. The van der Waals surface area contributed by atoms with Crippen molar-refractivity contribution in [3.8, 4) is 5.69 Å². The lowest BCUT2D eigenvalue weighted by Gasteiger charge is -2.36. The van der Waals surface area contributed by atoms with Crippen LogP contribution in [0.5, 0.6) is 0 Å². The lowest BCUT2D eigenvalue weighted by molar-refractivity contribution is 0.00671. The number of carbonyl (C=O) groups is 1. The van der Waals surface area contributed by atoms with E-state index < -0.39 is 0 Å². The molecule has 0 radical (unpaired) electrons. The molecule has 1 aliphatic rings. The molecule has 2 heterocycles. The Morgan fingerprint density at radius 3 is 2.35 bits per heavy atom. The van der Waals surface area contributed by atoms with E-state index in [9.17, 15) is 9.59 Å². The van der Waals surface area contributed by atoms with Crippen molar-refractivity contribution in [1.29, 1.82) is 0 Å². The lowest BCUT2D eigenvalue weighted by atomic mass is 10.0. The Morgan fingerprint density at radius 2 is 1.68 bits per heavy atom. The summed E-state index contributed by atoms with van der Waals surface area (Å²) in [6.45, 7) is 7.98. The molecule has 3 aromatic rings. The van der Waals surface area contributed by atoms with Crippen LogP contribution in [0.15, 0.2) is 59.4 Å². The Hall–Kier alpha value is -3.03. The van der Waals surface area contributed by atoms with Gasteiger partial charge < -0.3 is 10.1 Å². The zero-order valence-corrected chi connectivity index (χ0v) is 18.0. The molecule has 1 amide bonds. The van der Waals surface area contributed by atoms with E-state index in [-0.39, 0.29) is 23.2 Å². The summed E-state index contributed by atoms with van der Waals surface area (Å²) >= 11 is 0. The first-order chi connectivity index (χ1) is 15.1. The number of para-hydroxylation sites is 1. The minimum Gasteiger partial charge on any atom is -0.379 e. The van der Waals surface area contributed by atoms with Gasteiger partial charge in [0.25, 0.3) is 11.5 Å². The highest BCUT2D eigenvalue weighted by Crippen LogP contribution is 2.16. The van der Waals surface area contributed by atoms with Gasteiger partial charge in [-0.15, -0.1) is 0 Å². The number of ether oxygens (including phenoxy) is 1. The molecule has 31 heavy (non-hydrogen) atoms. The second kappa shape index (κ2) is 9.41. The van der Waals surface area contributed by atoms with Crippen LogP contribution in [0, 0.1) is 5.92 Å². The molecule has 1 saturated heterocycles. The summed E-state index contributed by atoms with van der Waals surface area (Å²) in [5, 5.41) is 8.57. The first-order valence-corrected chi connectivity index (χ1v) is 10.7. The number of rotatable bonds is 6. The maximum atomic E-state index is 13.2. The van der Waals surface area contributed by atoms with Crippen molar-refractivity contribution in [3.63, 3.8) is 0 Å². The molecule has 1 fully saturated rings. The molecule has 162 valence electrons. The van der Waals surface area contributed by atoms with Crippen molar-refractivity contribution in [2.45, 2.75) is 19.9 Å². The van der Waals surface area contributed by atoms with Crippen LogP contribution in [0.25, 0.3) is 16.5 Å². The number of nitrogens with one attached hydrogen (secondary N) is 1. The third-order valence-corrected chi connectivity index (χ3v) is 5.78. The molecule has 0 spiro atoms. The van der Waals surface area contributed by atoms with E-state index in [0.29, 0.717) is 42.1 Å². The maximum absolute atomic E-state index is 13.2. The van der Waals surface area contributed by atoms with Crippen LogP contribution in [0.1, 0.15) is 24.3 Å². The van der Waals surface area contributed by atoms with Gasteiger partial charge in [-0.05, 0) is 24.1 Å².